The molecule has 0 bridgehead atoms. The van der Waals surface area contributed by atoms with Gasteiger partial charge in [0.05, 0.1) is 0 Å². The minimum absolute atomic E-state index is 0.250. The standard InChI is InChI=1S/C11H10BrN3OS/c1-6-4-7(2-3-8(6)12)14-10(16)9-5-17-11(13)15-9/h2-5H,1H3,(H2,13,15)(H,14,16). The van der Waals surface area contributed by atoms with Crippen molar-refractivity contribution >= 4 is 44.0 Å². The average molecular weight is 312 g/mol. The van der Waals surface area contributed by atoms with E-state index in [-0.39, 0.29) is 5.91 Å². The molecule has 0 aliphatic heterocycles. The molecule has 0 fully saturated rings. The summed E-state index contributed by atoms with van der Waals surface area (Å²) in [5, 5.41) is 4.79. The molecule has 0 aliphatic carbocycles. The van der Waals surface area contributed by atoms with Gasteiger partial charge in [-0.05, 0) is 30.7 Å². The van der Waals surface area contributed by atoms with Gasteiger partial charge in [-0.2, -0.15) is 0 Å². The molecule has 0 unspecified atom stereocenters. The number of nitrogen functional groups attached to an aromatic ring is 1. The zero-order chi connectivity index (χ0) is 12.4. The van der Waals surface area contributed by atoms with Gasteiger partial charge < -0.3 is 11.1 Å². The normalized spacial score (nSPS) is 10.2. The van der Waals surface area contributed by atoms with E-state index in [2.05, 4.69) is 26.2 Å². The van der Waals surface area contributed by atoms with E-state index in [9.17, 15) is 4.79 Å². The van der Waals surface area contributed by atoms with E-state index in [1.54, 1.807) is 5.38 Å². The Bertz CT molecular complexity index is 568. The molecule has 1 heterocycles. The lowest BCUT2D eigenvalue weighted by atomic mass is 10.2. The molecule has 0 radical (unpaired) electrons. The van der Waals surface area contributed by atoms with E-state index in [1.165, 1.54) is 11.3 Å². The van der Waals surface area contributed by atoms with Crippen LogP contribution in [0.1, 0.15) is 16.1 Å². The largest absolute Gasteiger partial charge is 0.375 e. The Kier molecular flexibility index (Phi) is 3.44. The maximum Gasteiger partial charge on any atom is 0.275 e. The van der Waals surface area contributed by atoms with Crippen molar-refractivity contribution in [2.24, 2.45) is 0 Å². The number of benzene rings is 1. The van der Waals surface area contributed by atoms with Gasteiger partial charge in [0.15, 0.2) is 5.13 Å². The van der Waals surface area contributed by atoms with Gasteiger partial charge in [0.2, 0.25) is 0 Å². The topological polar surface area (TPSA) is 68.0 Å². The Morgan fingerprint density at radius 3 is 2.88 bits per heavy atom. The number of aryl methyl sites for hydroxylation is 1. The number of amides is 1. The molecule has 2 rings (SSSR count). The summed E-state index contributed by atoms with van der Waals surface area (Å²) in [6.45, 7) is 1.96. The summed E-state index contributed by atoms with van der Waals surface area (Å²) >= 11 is 4.65. The zero-order valence-electron chi connectivity index (χ0n) is 9.03. The number of thiazole rings is 1. The van der Waals surface area contributed by atoms with Crippen LogP contribution in [0.15, 0.2) is 28.1 Å². The van der Waals surface area contributed by atoms with E-state index in [0.717, 1.165) is 15.7 Å². The molecule has 0 atom stereocenters. The first-order valence-corrected chi connectivity index (χ1v) is 6.52. The number of nitrogens with one attached hydrogen (secondary N) is 1. The number of hydrogen-bond acceptors (Lipinski definition) is 4. The number of anilines is 2. The Morgan fingerprint density at radius 1 is 1.53 bits per heavy atom. The summed E-state index contributed by atoms with van der Waals surface area (Å²) in [6, 6.07) is 5.60. The second-order valence-corrected chi connectivity index (χ2v) is 5.23. The number of rotatable bonds is 2. The lowest BCUT2D eigenvalue weighted by Crippen LogP contribution is -2.12. The van der Waals surface area contributed by atoms with Gasteiger partial charge in [-0.25, -0.2) is 4.98 Å². The van der Waals surface area contributed by atoms with Gasteiger partial charge in [0, 0.05) is 15.5 Å². The number of halogens is 1. The summed E-state index contributed by atoms with van der Waals surface area (Å²) < 4.78 is 1.01. The van der Waals surface area contributed by atoms with Crippen molar-refractivity contribution in [3.8, 4) is 0 Å². The molecular formula is C11H10BrN3OS. The van der Waals surface area contributed by atoms with Crippen LogP contribution >= 0.6 is 27.3 Å². The maximum atomic E-state index is 11.8. The highest BCUT2D eigenvalue weighted by Gasteiger charge is 2.10. The third-order valence-electron chi connectivity index (χ3n) is 2.17. The van der Waals surface area contributed by atoms with Crippen molar-refractivity contribution in [1.82, 2.24) is 4.98 Å². The monoisotopic (exact) mass is 311 g/mol. The smallest absolute Gasteiger partial charge is 0.275 e. The predicted octanol–water partition coefficient (Wildman–Crippen LogP) is 3.05. The average Bonchev–Trinajstić information content (AvgIpc) is 2.70. The van der Waals surface area contributed by atoms with Gasteiger partial charge in [-0.15, -0.1) is 11.3 Å². The molecule has 3 N–H and O–H groups in total. The molecule has 88 valence electrons. The molecule has 2 aromatic rings. The molecule has 1 aromatic heterocycles. The second kappa shape index (κ2) is 4.85. The van der Waals surface area contributed by atoms with Crippen LogP contribution in [0, 0.1) is 6.92 Å². The Hall–Kier alpha value is -1.40. The summed E-state index contributed by atoms with van der Waals surface area (Å²) in [5.74, 6) is -0.250. The fourth-order valence-corrected chi connectivity index (χ4v) is 2.10. The van der Waals surface area contributed by atoms with Crippen molar-refractivity contribution in [3.63, 3.8) is 0 Å². The van der Waals surface area contributed by atoms with Crippen molar-refractivity contribution in [2.45, 2.75) is 6.92 Å². The molecule has 0 spiro atoms. The van der Waals surface area contributed by atoms with Crippen molar-refractivity contribution in [3.05, 3.63) is 39.3 Å². The van der Waals surface area contributed by atoms with Gasteiger partial charge in [-0.1, -0.05) is 15.9 Å². The third-order valence-corrected chi connectivity index (χ3v) is 3.73. The van der Waals surface area contributed by atoms with Crippen LogP contribution in [0.3, 0.4) is 0 Å². The molecular weight excluding hydrogens is 302 g/mol. The van der Waals surface area contributed by atoms with E-state index in [0.29, 0.717) is 10.8 Å². The Labute approximate surface area is 111 Å². The number of carbonyl (C=O) groups is 1. The first-order chi connectivity index (χ1) is 8.06. The highest BCUT2D eigenvalue weighted by atomic mass is 79.9. The molecule has 0 aliphatic rings. The van der Waals surface area contributed by atoms with Crippen molar-refractivity contribution in [2.75, 3.05) is 11.1 Å². The van der Waals surface area contributed by atoms with Gasteiger partial charge in [0.25, 0.3) is 5.91 Å². The van der Waals surface area contributed by atoms with E-state index < -0.39 is 0 Å². The zero-order valence-corrected chi connectivity index (χ0v) is 11.4. The summed E-state index contributed by atoms with van der Waals surface area (Å²) in [5.41, 5.74) is 7.61. The van der Waals surface area contributed by atoms with Crippen LogP contribution in [-0.2, 0) is 0 Å². The fraction of sp³-hybridized carbons (Fsp3) is 0.0909. The first kappa shape index (κ1) is 12.1. The minimum Gasteiger partial charge on any atom is -0.375 e. The molecule has 4 nitrogen and oxygen atoms in total. The van der Waals surface area contributed by atoms with Gasteiger partial charge >= 0.3 is 0 Å². The van der Waals surface area contributed by atoms with Crippen LogP contribution in [-0.4, -0.2) is 10.9 Å². The highest BCUT2D eigenvalue weighted by Crippen LogP contribution is 2.20. The van der Waals surface area contributed by atoms with Gasteiger partial charge in [-0.3, -0.25) is 4.79 Å². The fourth-order valence-electron chi connectivity index (χ4n) is 1.31. The quantitative estimate of drug-likeness (QED) is 0.895. The highest BCUT2D eigenvalue weighted by molar-refractivity contribution is 9.10. The Morgan fingerprint density at radius 2 is 2.29 bits per heavy atom. The summed E-state index contributed by atoms with van der Waals surface area (Å²) in [7, 11) is 0. The van der Waals surface area contributed by atoms with E-state index >= 15 is 0 Å². The second-order valence-electron chi connectivity index (χ2n) is 3.49. The number of nitrogens with zero attached hydrogens (tertiary/aromatic N) is 1. The Balaban J connectivity index is 2.15. The SMILES string of the molecule is Cc1cc(NC(=O)c2csc(N)n2)ccc1Br. The summed E-state index contributed by atoms with van der Waals surface area (Å²) in [6.07, 6.45) is 0. The number of carbonyl (C=O) groups excluding carboxylic acids is 1. The summed E-state index contributed by atoms with van der Waals surface area (Å²) in [4.78, 5) is 15.7. The van der Waals surface area contributed by atoms with E-state index in [4.69, 9.17) is 5.73 Å². The molecule has 6 heteroatoms. The van der Waals surface area contributed by atoms with Gasteiger partial charge in [0.1, 0.15) is 5.69 Å². The van der Waals surface area contributed by atoms with Crippen LogP contribution < -0.4 is 11.1 Å². The van der Waals surface area contributed by atoms with Crippen LogP contribution in [0.2, 0.25) is 0 Å². The number of aromatic nitrogens is 1. The van der Waals surface area contributed by atoms with Crippen LogP contribution in [0.4, 0.5) is 10.8 Å². The third kappa shape index (κ3) is 2.83. The molecule has 1 aromatic carbocycles. The lowest BCUT2D eigenvalue weighted by molar-refractivity contribution is 0.102. The first-order valence-electron chi connectivity index (χ1n) is 4.85. The lowest BCUT2D eigenvalue weighted by Gasteiger charge is -2.05. The number of nitrogens with two attached hydrogens (primary N) is 1. The predicted molar refractivity (Wildman–Crippen MR) is 73.4 cm³/mol. The molecule has 1 amide bonds. The molecule has 17 heavy (non-hydrogen) atoms. The minimum atomic E-state index is -0.250. The molecule has 0 saturated heterocycles. The van der Waals surface area contributed by atoms with Crippen LogP contribution in [0.5, 0.6) is 0 Å². The van der Waals surface area contributed by atoms with E-state index in [1.807, 2.05) is 25.1 Å². The van der Waals surface area contributed by atoms with Crippen molar-refractivity contribution < 1.29 is 4.79 Å². The van der Waals surface area contributed by atoms with Crippen molar-refractivity contribution in [1.29, 1.82) is 0 Å². The number of hydrogen-bond donors (Lipinski definition) is 2. The maximum absolute atomic E-state index is 11.8. The van der Waals surface area contributed by atoms with Crippen LogP contribution in [0.25, 0.3) is 0 Å². The molecule has 0 saturated carbocycles.